The first-order valence-electron chi connectivity index (χ1n) is 7.66. The fourth-order valence-electron chi connectivity index (χ4n) is 2.31. The second kappa shape index (κ2) is 8.90. The van der Waals surface area contributed by atoms with Crippen LogP contribution in [0.2, 0.25) is 0 Å². The third-order valence-corrected chi connectivity index (χ3v) is 4.42. The lowest BCUT2D eigenvalue weighted by molar-refractivity contribution is -0.149. The summed E-state index contributed by atoms with van der Waals surface area (Å²) in [6, 6.07) is 6.29. The van der Waals surface area contributed by atoms with Gasteiger partial charge in [0.2, 0.25) is 10.0 Å². The molecule has 0 saturated heterocycles. The third kappa shape index (κ3) is 6.15. The van der Waals surface area contributed by atoms with E-state index in [2.05, 4.69) is 13.8 Å². The van der Waals surface area contributed by atoms with Crippen molar-refractivity contribution in [2.45, 2.75) is 50.8 Å². The minimum atomic E-state index is -3.66. The summed E-state index contributed by atoms with van der Waals surface area (Å²) < 4.78 is 27.6. The fourth-order valence-corrected chi connectivity index (χ4v) is 2.83. The first-order chi connectivity index (χ1) is 10.4. The summed E-state index contributed by atoms with van der Waals surface area (Å²) in [5.74, 6) is -0.149. The van der Waals surface area contributed by atoms with Crippen LogP contribution in [-0.4, -0.2) is 21.0 Å². The smallest absolute Gasteiger partial charge is 0.308 e. The van der Waals surface area contributed by atoms with Crippen LogP contribution in [0.1, 0.15) is 45.1 Å². The van der Waals surface area contributed by atoms with E-state index in [1.807, 2.05) is 0 Å². The highest BCUT2D eigenvalue weighted by Gasteiger charge is 2.17. The molecule has 5 nitrogen and oxygen atoms in total. The van der Waals surface area contributed by atoms with E-state index in [0.29, 0.717) is 13.0 Å². The molecule has 0 saturated carbocycles. The Labute approximate surface area is 132 Å². The van der Waals surface area contributed by atoms with Gasteiger partial charge in [-0.1, -0.05) is 38.8 Å². The molecule has 6 heteroatoms. The largest absolute Gasteiger partial charge is 0.465 e. The molecule has 0 aromatic heterocycles. The molecular formula is C16H25NO4S. The quantitative estimate of drug-likeness (QED) is 0.706. The van der Waals surface area contributed by atoms with Crippen molar-refractivity contribution in [2.75, 3.05) is 6.61 Å². The summed E-state index contributed by atoms with van der Waals surface area (Å²) >= 11 is 0. The molecule has 0 atom stereocenters. The SMILES string of the molecule is CCCC(CCC)C(=O)OCCc1ccc(S(N)(=O)=O)cc1. The maximum absolute atomic E-state index is 12.0. The summed E-state index contributed by atoms with van der Waals surface area (Å²) in [5.41, 5.74) is 0.905. The Morgan fingerprint density at radius 2 is 1.68 bits per heavy atom. The average Bonchev–Trinajstić information content (AvgIpc) is 2.46. The summed E-state index contributed by atoms with van der Waals surface area (Å²) in [6.45, 7) is 4.42. The Bertz CT molecular complexity index is 560. The molecule has 0 aliphatic heterocycles. The predicted molar refractivity (Wildman–Crippen MR) is 85.8 cm³/mol. The zero-order chi connectivity index (χ0) is 16.6. The van der Waals surface area contributed by atoms with E-state index in [1.54, 1.807) is 12.1 Å². The molecule has 0 spiro atoms. The van der Waals surface area contributed by atoms with E-state index in [9.17, 15) is 13.2 Å². The van der Waals surface area contributed by atoms with Crippen molar-refractivity contribution in [3.8, 4) is 0 Å². The number of hydrogen-bond donors (Lipinski definition) is 1. The minimum absolute atomic E-state index is 0.0141. The predicted octanol–water partition coefficient (Wildman–Crippen LogP) is 2.64. The van der Waals surface area contributed by atoms with E-state index in [4.69, 9.17) is 9.88 Å². The summed E-state index contributed by atoms with van der Waals surface area (Å²) in [4.78, 5) is 12.1. The number of benzene rings is 1. The van der Waals surface area contributed by atoms with Gasteiger partial charge in [0.25, 0.3) is 0 Å². The van der Waals surface area contributed by atoms with Crippen molar-refractivity contribution < 1.29 is 17.9 Å². The Kier molecular flexibility index (Phi) is 7.55. The van der Waals surface area contributed by atoms with Gasteiger partial charge in [0.15, 0.2) is 0 Å². The fraction of sp³-hybridized carbons (Fsp3) is 0.562. The van der Waals surface area contributed by atoms with E-state index in [-0.39, 0.29) is 16.8 Å². The highest BCUT2D eigenvalue weighted by Crippen LogP contribution is 2.16. The first kappa shape index (κ1) is 18.6. The monoisotopic (exact) mass is 327 g/mol. The van der Waals surface area contributed by atoms with Gasteiger partial charge in [0.05, 0.1) is 17.4 Å². The number of hydrogen-bond acceptors (Lipinski definition) is 4. The highest BCUT2D eigenvalue weighted by atomic mass is 32.2. The number of carbonyl (C=O) groups is 1. The molecule has 0 bridgehead atoms. The van der Waals surface area contributed by atoms with Gasteiger partial charge >= 0.3 is 5.97 Å². The van der Waals surface area contributed by atoms with Crippen molar-refractivity contribution in [3.05, 3.63) is 29.8 Å². The standard InChI is InChI=1S/C16H25NO4S/c1-3-5-14(6-4-2)16(18)21-12-11-13-7-9-15(10-8-13)22(17,19)20/h7-10,14H,3-6,11-12H2,1-2H3,(H2,17,19,20). The molecule has 1 aromatic rings. The third-order valence-electron chi connectivity index (χ3n) is 3.49. The Balaban J connectivity index is 2.48. The van der Waals surface area contributed by atoms with Gasteiger partial charge < -0.3 is 4.74 Å². The van der Waals surface area contributed by atoms with E-state index in [1.165, 1.54) is 12.1 Å². The summed E-state index contributed by atoms with van der Waals surface area (Å²) in [5, 5.41) is 5.04. The van der Waals surface area contributed by atoms with Crippen LogP contribution >= 0.6 is 0 Å². The molecule has 0 heterocycles. The minimum Gasteiger partial charge on any atom is -0.465 e. The van der Waals surface area contributed by atoms with Crippen molar-refractivity contribution in [2.24, 2.45) is 11.1 Å². The molecule has 0 radical (unpaired) electrons. The van der Waals surface area contributed by atoms with Gasteiger partial charge in [0.1, 0.15) is 0 Å². The molecule has 1 aromatic carbocycles. The van der Waals surface area contributed by atoms with Crippen LogP contribution in [-0.2, 0) is 26.0 Å². The van der Waals surface area contributed by atoms with Crippen molar-refractivity contribution >= 4 is 16.0 Å². The molecule has 0 aliphatic carbocycles. The van der Waals surface area contributed by atoms with E-state index < -0.39 is 10.0 Å². The number of nitrogens with two attached hydrogens (primary N) is 1. The van der Waals surface area contributed by atoms with Gasteiger partial charge in [-0.25, -0.2) is 13.6 Å². The lowest BCUT2D eigenvalue weighted by Gasteiger charge is -2.14. The van der Waals surface area contributed by atoms with Gasteiger partial charge in [-0.05, 0) is 30.5 Å². The molecule has 22 heavy (non-hydrogen) atoms. The zero-order valence-corrected chi connectivity index (χ0v) is 14.1. The first-order valence-corrected chi connectivity index (χ1v) is 9.21. The van der Waals surface area contributed by atoms with Crippen LogP contribution in [0.3, 0.4) is 0 Å². The molecule has 124 valence electrons. The lowest BCUT2D eigenvalue weighted by atomic mass is 9.99. The Morgan fingerprint density at radius 3 is 2.14 bits per heavy atom. The van der Waals surface area contributed by atoms with Crippen LogP contribution in [0.25, 0.3) is 0 Å². The van der Waals surface area contributed by atoms with Gasteiger partial charge in [-0.2, -0.15) is 0 Å². The van der Waals surface area contributed by atoms with Gasteiger partial charge in [-0.15, -0.1) is 0 Å². The Hall–Kier alpha value is -1.40. The Morgan fingerprint density at radius 1 is 1.14 bits per heavy atom. The van der Waals surface area contributed by atoms with Crippen LogP contribution in [0.4, 0.5) is 0 Å². The molecule has 0 aliphatic rings. The maximum atomic E-state index is 12.0. The molecular weight excluding hydrogens is 302 g/mol. The number of primary sulfonamides is 1. The van der Waals surface area contributed by atoms with Crippen LogP contribution < -0.4 is 5.14 Å². The molecule has 2 N–H and O–H groups in total. The van der Waals surface area contributed by atoms with Crippen molar-refractivity contribution in [3.63, 3.8) is 0 Å². The zero-order valence-electron chi connectivity index (χ0n) is 13.2. The van der Waals surface area contributed by atoms with E-state index >= 15 is 0 Å². The topological polar surface area (TPSA) is 86.5 Å². The number of esters is 1. The number of carbonyl (C=O) groups excluding carboxylic acids is 1. The molecule has 0 amide bonds. The summed E-state index contributed by atoms with van der Waals surface area (Å²) in [7, 11) is -3.66. The van der Waals surface area contributed by atoms with Crippen LogP contribution in [0.5, 0.6) is 0 Å². The second-order valence-corrected chi connectivity index (χ2v) is 6.94. The van der Waals surface area contributed by atoms with Crippen LogP contribution in [0.15, 0.2) is 29.2 Å². The normalized spacial score (nSPS) is 11.6. The van der Waals surface area contributed by atoms with Crippen molar-refractivity contribution in [1.82, 2.24) is 0 Å². The van der Waals surface area contributed by atoms with Gasteiger partial charge in [0, 0.05) is 6.42 Å². The average molecular weight is 327 g/mol. The molecule has 1 rings (SSSR count). The van der Waals surface area contributed by atoms with Gasteiger partial charge in [-0.3, -0.25) is 4.79 Å². The lowest BCUT2D eigenvalue weighted by Crippen LogP contribution is -2.19. The van der Waals surface area contributed by atoms with Crippen LogP contribution in [0, 0.1) is 5.92 Å². The second-order valence-electron chi connectivity index (χ2n) is 5.38. The number of ether oxygens (including phenoxy) is 1. The number of sulfonamides is 1. The highest BCUT2D eigenvalue weighted by molar-refractivity contribution is 7.89. The van der Waals surface area contributed by atoms with Crippen molar-refractivity contribution in [1.29, 1.82) is 0 Å². The molecule has 0 unspecified atom stereocenters. The molecule has 0 fully saturated rings. The van der Waals surface area contributed by atoms with E-state index in [0.717, 1.165) is 31.2 Å². The maximum Gasteiger partial charge on any atom is 0.308 e. The summed E-state index contributed by atoms with van der Waals surface area (Å²) in [6.07, 6.45) is 4.21. The number of rotatable bonds is 9.